The average molecular weight is 333 g/mol. The molecular formula is C17H20FN3OS. The first-order chi connectivity index (χ1) is 11.2. The molecule has 1 N–H and O–H groups in total. The Labute approximate surface area is 138 Å². The zero-order chi connectivity index (χ0) is 15.6. The van der Waals surface area contributed by atoms with Crippen LogP contribution in [0, 0.1) is 17.7 Å². The second-order valence-corrected chi connectivity index (χ2v) is 8.07. The van der Waals surface area contributed by atoms with Gasteiger partial charge in [-0.05, 0) is 55.5 Å². The summed E-state index contributed by atoms with van der Waals surface area (Å²) in [6.45, 7) is 0. The summed E-state index contributed by atoms with van der Waals surface area (Å²) in [5.41, 5.74) is 2.86. The van der Waals surface area contributed by atoms with Crippen LogP contribution in [0.15, 0.2) is 24.3 Å². The van der Waals surface area contributed by atoms with Crippen molar-refractivity contribution in [1.29, 1.82) is 0 Å². The van der Waals surface area contributed by atoms with Gasteiger partial charge in [0.15, 0.2) is 5.72 Å². The highest BCUT2D eigenvalue weighted by molar-refractivity contribution is 7.22. The van der Waals surface area contributed by atoms with Gasteiger partial charge in [0, 0.05) is 13.0 Å². The van der Waals surface area contributed by atoms with Crippen LogP contribution >= 0.6 is 11.3 Å². The van der Waals surface area contributed by atoms with E-state index >= 15 is 0 Å². The lowest BCUT2D eigenvalue weighted by Crippen LogP contribution is -2.58. The van der Waals surface area contributed by atoms with Gasteiger partial charge in [-0.2, -0.15) is 5.01 Å². The normalized spacial score (nSPS) is 34.1. The number of nitrogens with zero attached hydrogens (tertiary/aromatic N) is 2. The minimum atomic E-state index is -0.240. The molecule has 2 bridgehead atoms. The van der Waals surface area contributed by atoms with E-state index in [1.54, 1.807) is 6.07 Å². The van der Waals surface area contributed by atoms with E-state index < -0.39 is 0 Å². The lowest BCUT2D eigenvalue weighted by Gasteiger charge is -2.50. The molecule has 1 aromatic heterocycles. The first-order valence-electron chi connectivity index (χ1n) is 8.33. The maximum Gasteiger partial charge on any atom is 0.165 e. The molecule has 1 aromatic carbocycles. The van der Waals surface area contributed by atoms with E-state index in [2.05, 4.69) is 17.6 Å². The maximum atomic E-state index is 14.0. The first kappa shape index (κ1) is 14.2. The smallest absolute Gasteiger partial charge is 0.165 e. The quantitative estimate of drug-likeness (QED) is 0.852. The molecule has 1 unspecified atom stereocenters. The van der Waals surface area contributed by atoms with Crippen molar-refractivity contribution in [3.8, 4) is 0 Å². The lowest BCUT2D eigenvalue weighted by atomic mass is 9.65. The average Bonchev–Trinajstić information content (AvgIpc) is 3.13. The summed E-state index contributed by atoms with van der Waals surface area (Å²) in [6, 6.07) is 7.25. The van der Waals surface area contributed by atoms with E-state index in [9.17, 15) is 4.39 Å². The lowest BCUT2D eigenvalue weighted by molar-refractivity contribution is -0.193. The van der Waals surface area contributed by atoms with Crippen molar-refractivity contribution >= 4 is 26.4 Å². The highest BCUT2D eigenvalue weighted by atomic mass is 32.1. The molecule has 1 spiro atoms. The molecule has 4 nitrogen and oxygen atoms in total. The van der Waals surface area contributed by atoms with E-state index in [4.69, 9.17) is 4.84 Å². The standard InChI is InChI=1S/C17H20FN3OS/c1-20-17(10-11-5-7-13(17)8-6-11)22-19-21(20)15-9-12-3-2-4-14(18)16(12)23-15/h2-4,9,11,13,19H,5-8,10H2,1H3. The number of anilines is 1. The van der Waals surface area contributed by atoms with Gasteiger partial charge in [-0.15, -0.1) is 11.3 Å². The van der Waals surface area contributed by atoms with E-state index in [0.717, 1.165) is 22.7 Å². The van der Waals surface area contributed by atoms with E-state index in [1.165, 1.54) is 43.1 Å². The van der Waals surface area contributed by atoms with Gasteiger partial charge < -0.3 is 0 Å². The fourth-order valence-electron chi connectivity index (χ4n) is 4.65. The predicted octanol–water partition coefficient (Wildman–Crippen LogP) is 4.05. The molecule has 0 radical (unpaired) electrons. The third-order valence-corrected chi connectivity index (χ3v) is 7.05. The minimum absolute atomic E-state index is 0.159. The van der Waals surface area contributed by atoms with Crippen LogP contribution in [0.1, 0.15) is 32.1 Å². The number of halogens is 1. The van der Waals surface area contributed by atoms with Crippen molar-refractivity contribution in [3.05, 3.63) is 30.1 Å². The van der Waals surface area contributed by atoms with E-state index in [0.29, 0.717) is 10.6 Å². The van der Waals surface area contributed by atoms with Gasteiger partial charge in [0.1, 0.15) is 10.8 Å². The van der Waals surface area contributed by atoms with Crippen LogP contribution in [0.3, 0.4) is 0 Å². The molecule has 2 heterocycles. The Balaban J connectivity index is 1.51. The topological polar surface area (TPSA) is 27.7 Å². The first-order valence-corrected chi connectivity index (χ1v) is 9.14. The number of nitrogens with one attached hydrogen (secondary N) is 1. The molecule has 4 aliphatic rings. The van der Waals surface area contributed by atoms with Gasteiger partial charge in [0.25, 0.3) is 0 Å². The molecule has 3 saturated carbocycles. The zero-order valence-electron chi connectivity index (χ0n) is 13.1. The Bertz CT molecular complexity index is 757. The number of rotatable bonds is 1. The van der Waals surface area contributed by atoms with Crippen molar-refractivity contribution in [2.24, 2.45) is 11.8 Å². The van der Waals surface area contributed by atoms with Crippen LogP contribution < -0.4 is 10.7 Å². The van der Waals surface area contributed by atoms with Gasteiger partial charge in [-0.25, -0.2) is 9.51 Å². The van der Waals surface area contributed by atoms with Crippen LogP contribution in [0.4, 0.5) is 9.39 Å². The van der Waals surface area contributed by atoms with Gasteiger partial charge in [-0.1, -0.05) is 17.7 Å². The van der Waals surface area contributed by atoms with Gasteiger partial charge >= 0.3 is 0 Å². The summed E-state index contributed by atoms with van der Waals surface area (Å²) in [5, 5.41) is 6.05. The van der Waals surface area contributed by atoms with E-state index in [-0.39, 0.29) is 11.5 Å². The monoisotopic (exact) mass is 333 g/mol. The third kappa shape index (κ3) is 1.92. The van der Waals surface area contributed by atoms with Crippen LogP contribution in [0.2, 0.25) is 0 Å². The van der Waals surface area contributed by atoms with Crippen LogP contribution in [0.5, 0.6) is 0 Å². The van der Waals surface area contributed by atoms with Crippen LogP contribution in [0.25, 0.3) is 10.1 Å². The molecule has 6 heteroatoms. The second-order valence-electron chi connectivity index (χ2n) is 7.04. The van der Waals surface area contributed by atoms with E-state index in [1.807, 2.05) is 17.3 Å². The largest absolute Gasteiger partial charge is 0.256 e. The predicted molar refractivity (Wildman–Crippen MR) is 89.0 cm³/mol. The molecule has 3 aliphatic carbocycles. The fraction of sp³-hybridized carbons (Fsp3) is 0.529. The summed E-state index contributed by atoms with van der Waals surface area (Å²) >= 11 is 1.46. The molecule has 1 saturated heterocycles. The molecule has 122 valence electrons. The fourth-order valence-corrected chi connectivity index (χ4v) is 5.70. The summed E-state index contributed by atoms with van der Waals surface area (Å²) in [6.07, 6.45) is 6.23. The number of hydrogen-bond acceptors (Lipinski definition) is 5. The van der Waals surface area contributed by atoms with Crippen LogP contribution in [-0.4, -0.2) is 17.8 Å². The maximum absolute atomic E-state index is 14.0. The SMILES string of the molecule is CN1N(c2cc3cccc(F)c3s2)NOC12CC1CCC2CC1. The van der Waals surface area contributed by atoms with Crippen LogP contribution in [-0.2, 0) is 4.84 Å². The molecule has 6 rings (SSSR count). The number of hydrazine groups is 2. The number of thiophene rings is 1. The van der Waals surface area contributed by atoms with Gasteiger partial charge in [-0.3, -0.25) is 4.84 Å². The van der Waals surface area contributed by atoms with Crippen molar-refractivity contribution in [2.45, 2.75) is 37.8 Å². The van der Waals surface area contributed by atoms with Crippen molar-refractivity contribution in [2.75, 3.05) is 12.2 Å². The highest BCUT2D eigenvalue weighted by Gasteiger charge is 2.56. The molecule has 23 heavy (non-hydrogen) atoms. The minimum Gasteiger partial charge on any atom is -0.256 e. The molecular weight excluding hydrogens is 313 g/mol. The number of hydrogen-bond donors (Lipinski definition) is 1. The van der Waals surface area contributed by atoms with Crippen molar-refractivity contribution < 1.29 is 9.23 Å². The Hall–Kier alpha value is -1.21. The number of fused-ring (bicyclic) bond motifs is 3. The summed E-state index contributed by atoms with van der Waals surface area (Å²) < 4.78 is 14.7. The highest BCUT2D eigenvalue weighted by Crippen LogP contribution is 2.52. The molecule has 1 aliphatic heterocycles. The third-order valence-electron chi connectivity index (χ3n) is 5.91. The molecule has 0 amide bonds. The second kappa shape index (κ2) is 4.89. The number of benzene rings is 1. The Morgan fingerprint density at radius 1 is 1.30 bits per heavy atom. The Morgan fingerprint density at radius 2 is 2.13 bits per heavy atom. The van der Waals surface area contributed by atoms with Gasteiger partial charge in [0.05, 0.1) is 4.70 Å². The summed E-state index contributed by atoms with van der Waals surface area (Å²) in [5.74, 6) is 1.18. The summed E-state index contributed by atoms with van der Waals surface area (Å²) in [4.78, 5) is 6.14. The zero-order valence-corrected chi connectivity index (χ0v) is 13.9. The molecule has 4 fully saturated rings. The van der Waals surface area contributed by atoms with Crippen molar-refractivity contribution in [1.82, 2.24) is 10.6 Å². The molecule has 2 aromatic rings. The summed E-state index contributed by atoms with van der Waals surface area (Å²) in [7, 11) is 2.08. The van der Waals surface area contributed by atoms with Gasteiger partial charge in [0.2, 0.25) is 0 Å². The van der Waals surface area contributed by atoms with Crippen molar-refractivity contribution in [3.63, 3.8) is 0 Å². The Kier molecular flexibility index (Phi) is 3.01. The Morgan fingerprint density at radius 3 is 2.83 bits per heavy atom. The molecule has 1 atom stereocenters.